The molecule has 1 saturated carbocycles. The van der Waals surface area contributed by atoms with Gasteiger partial charge in [0, 0.05) is 10.5 Å². The summed E-state index contributed by atoms with van der Waals surface area (Å²) in [6.45, 7) is 4.70. The van der Waals surface area contributed by atoms with E-state index in [-0.39, 0.29) is 0 Å². The van der Waals surface area contributed by atoms with Crippen molar-refractivity contribution in [2.45, 2.75) is 26.3 Å². The molecule has 1 nitrogen and oxygen atoms in total. The van der Waals surface area contributed by atoms with Gasteiger partial charge >= 0.3 is 0 Å². The van der Waals surface area contributed by atoms with E-state index in [1.165, 1.54) is 12.0 Å². The molecule has 82 valence electrons. The number of rotatable bonds is 3. The summed E-state index contributed by atoms with van der Waals surface area (Å²) in [6.07, 6.45) is 1.33. The lowest BCUT2D eigenvalue weighted by atomic mass is 9.97. The Labute approximate surface area is 100 Å². The maximum absolute atomic E-state index is 3.47. The lowest BCUT2D eigenvalue weighted by Crippen LogP contribution is -2.20. The molecule has 1 N–H and O–H groups in total. The number of nitrogens with one attached hydrogen (secondary N) is 1. The minimum atomic E-state index is 0.508. The second kappa shape index (κ2) is 3.91. The van der Waals surface area contributed by atoms with Crippen LogP contribution in [0.5, 0.6) is 0 Å². The molecule has 0 heterocycles. The van der Waals surface area contributed by atoms with Crippen molar-refractivity contribution in [3.05, 3.63) is 34.3 Å². The SMILES string of the molecule is CNC(c1ccc(Br)cc1)C1CC1(C)C. The first-order valence-electron chi connectivity index (χ1n) is 5.47. The Morgan fingerprint density at radius 2 is 1.87 bits per heavy atom. The van der Waals surface area contributed by atoms with Gasteiger partial charge in [0.05, 0.1) is 0 Å². The quantitative estimate of drug-likeness (QED) is 0.880. The fourth-order valence-electron chi connectivity index (χ4n) is 2.35. The molecule has 1 fully saturated rings. The Morgan fingerprint density at radius 1 is 1.33 bits per heavy atom. The highest BCUT2D eigenvalue weighted by molar-refractivity contribution is 9.10. The second-order valence-electron chi connectivity index (χ2n) is 5.12. The minimum absolute atomic E-state index is 0.508. The third-order valence-corrected chi connectivity index (χ3v) is 4.06. The first-order valence-corrected chi connectivity index (χ1v) is 6.26. The summed E-state index contributed by atoms with van der Waals surface area (Å²) >= 11 is 3.47. The van der Waals surface area contributed by atoms with Gasteiger partial charge in [0.25, 0.3) is 0 Å². The molecule has 15 heavy (non-hydrogen) atoms. The van der Waals surface area contributed by atoms with Crippen molar-refractivity contribution >= 4 is 15.9 Å². The molecule has 2 atom stereocenters. The third-order valence-electron chi connectivity index (χ3n) is 3.53. The highest BCUT2D eigenvalue weighted by Gasteiger charge is 2.49. The monoisotopic (exact) mass is 267 g/mol. The fourth-order valence-corrected chi connectivity index (χ4v) is 2.61. The molecule has 0 radical (unpaired) electrons. The zero-order chi connectivity index (χ0) is 11.1. The van der Waals surface area contributed by atoms with Gasteiger partial charge < -0.3 is 5.32 Å². The van der Waals surface area contributed by atoms with Crippen LogP contribution in [0.1, 0.15) is 31.9 Å². The van der Waals surface area contributed by atoms with Gasteiger partial charge in [0.1, 0.15) is 0 Å². The normalized spacial score (nSPS) is 24.9. The lowest BCUT2D eigenvalue weighted by molar-refractivity contribution is 0.441. The molecule has 0 aromatic heterocycles. The molecular formula is C13H18BrN. The predicted molar refractivity (Wildman–Crippen MR) is 67.8 cm³/mol. The van der Waals surface area contributed by atoms with Gasteiger partial charge in [-0.1, -0.05) is 41.9 Å². The smallest absolute Gasteiger partial charge is 0.0351 e. The summed E-state index contributed by atoms with van der Waals surface area (Å²) in [4.78, 5) is 0. The van der Waals surface area contributed by atoms with Gasteiger partial charge in [-0.15, -0.1) is 0 Å². The summed E-state index contributed by atoms with van der Waals surface area (Å²) in [7, 11) is 2.06. The average molecular weight is 268 g/mol. The molecule has 0 amide bonds. The van der Waals surface area contributed by atoms with Gasteiger partial charge in [-0.25, -0.2) is 0 Å². The van der Waals surface area contributed by atoms with E-state index in [2.05, 4.69) is 66.4 Å². The summed E-state index contributed by atoms with van der Waals surface area (Å²) < 4.78 is 1.15. The number of hydrogen-bond acceptors (Lipinski definition) is 1. The second-order valence-corrected chi connectivity index (χ2v) is 6.03. The number of halogens is 1. The molecule has 1 aliphatic rings. The van der Waals surface area contributed by atoms with Crippen LogP contribution >= 0.6 is 15.9 Å². The molecule has 0 bridgehead atoms. The fraction of sp³-hybridized carbons (Fsp3) is 0.538. The number of benzene rings is 1. The highest BCUT2D eigenvalue weighted by Crippen LogP contribution is 2.57. The van der Waals surface area contributed by atoms with Crippen LogP contribution in [0.25, 0.3) is 0 Å². The highest BCUT2D eigenvalue weighted by atomic mass is 79.9. The largest absolute Gasteiger partial charge is 0.313 e. The average Bonchev–Trinajstić information content (AvgIpc) is 2.80. The maximum Gasteiger partial charge on any atom is 0.0351 e. The van der Waals surface area contributed by atoms with Crippen molar-refractivity contribution in [2.75, 3.05) is 7.05 Å². The third kappa shape index (κ3) is 2.26. The Morgan fingerprint density at radius 3 is 2.27 bits per heavy atom. The maximum atomic E-state index is 3.47. The first-order chi connectivity index (χ1) is 7.04. The van der Waals surface area contributed by atoms with Crippen LogP contribution in [0.4, 0.5) is 0 Å². The summed E-state index contributed by atoms with van der Waals surface area (Å²) in [5.41, 5.74) is 1.91. The molecule has 2 rings (SSSR count). The van der Waals surface area contributed by atoms with Gasteiger partial charge in [0.15, 0.2) is 0 Å². The van der Waals surface area contributed by atoms with Gasteiger partial charge in [-0.05, 0) is 42.5 Å². The van der Waals surface area contributed by atoms with Crippen molar-refractivity contribution in [3.63, 3.8) is 0 Å². The van der Waals surface area contributed by atoms with Crippen molar-refractivity contribution < 1.29 is 0 Å². The first kappa shape index (κ1) is 11.2. The van der Waals surface area contributed by atoms with Gasteiger partial charge in [-0.3, -0.25) is 0 Å². The summed E-state index contributed by atoms with van der Waals surface area (Å²) in [5, 5.41) is 3.44. The Kier molecular flexibility index (Phi) is 2.91. The van der Waals surface area contributed by atoms with Crippen LogP contribution in [0, 0.1) is 11.3 Å². The van der Waals surface area contributed by atoms with E-state index in [9.17, 15) is 0 Å². The Balaban J connectivity index is 2.17. The molecule has 1 aromatic carbocycles. The standard InChI is InChI=1S/C13H18BrN/c1-13(2)8-11(13)12(15-3)9-4-6-10(14)7-5-9/h4-7,11-12,15H,8H2,1-3H3. The van der Waals surface area contributed by atoms with Crippen LogP contribution in [0.15, 0.2) is 28.7 Å². The molecule has 2 unspecified atom stereocenters. The zero-order valence-electron chi connectivity index (χ0n) is 9.55. The molecule has 2 heteroatoms. The summed E-state index contributed by atoms with van der Waals surface area (Å²) in [5.74, 6) is 0.781. The van der Waals surface area contributed by atoms with Crippen LogP contribution in [0.2, 0.25) is 0 Å². The molecule has 0 spiro atoms. The zero-order valence-corrected chi connectivity index (χ0v) is 11.1. The van der Waals surface area contributed by atoms with Gasteiger partial charge in [-0.2, -0.15) is 0 Å². The van der Waals surface area contributed by atoms with E-state index in [4.69, 9.17) is 0 Å². The van der Waals surface area contributed by atoms with E-state index >= 15 is 0 Å². The van der Waals surface area contributed by atoms with Crippen molar-refractivity contribution in [2.24, 2.45) is 11.3 Å². The van der Waals surface area contributed by atoms with E-state index < -0.39 is 0 Å². The summed E-state index contributed by atoms with van der Waals surface area (Å²) in [6, 6.07) is 9.16. The Hall–Kier alpha value is -0.340. The molecular weight excluding hydrogens is 250 g/mol. The van der Waals surface area contributed by atoms with E-state index in [1.807, 2.05) is 0 Å². The predicted octanol–water partition coefficient (Wildman–Crippen LogP) is 3.76. The molecule has 0 saturated heterocycles. The lowest BCUT2D eigenvalue weighted by Gasteiger charge is -2.18. The van der Waals surface area contributed by atoms with Crippen LogP contribution in [-0.4, -0.2) is 7.05 Å². The van der Waals surface area contributed by atoms with E-state index in [0.717, 1.165) is 10.4 Å². The molecule has 1 aromatic rings. The minimum Gasteiger partial charge on any atom is -0.313 e. The molecule has 0 aliphatic heterocycles. The van der Waals surface area contributed by atoms with Crippen LogP contribution in [0.3, 0.4) is 0 Å². The molecule has 1 aliphatic carbocycles. The number of hydrogen-bond donors (Lipinski definition) is 1. The van der Waals surface area contributed by atoms with E-state index in [1.54, 1.807) is 0 Å². The van der Waals surface area contributed by atoms with Crippen LogP contribution < -0.4 is 5.32 Å². The topological polar surface area (TPSA) is 12.0 Å². The van der Waals surface area contributed by atoms with Crippen molar-refractivity contribution in [3.8, 4) is 0 Å². The van der Waals surface area contributed by atoms with Crippen molar-refractivity contribution in [1.29, 1.82) is 0 Å². The van der Waals surface area contributed by atoms with E-state index in [0.29, 0.717) is 11.5 Å². The Bertz CT molecular complexity index is 342. The van der Waals surface area contributed by atoms with Crippen LogP contribution in [-0.2, 0) is 0 Å². The van der Waals surface area contributed by atoms with Crippen molar-refractivity contribution in [1.82, 2.24) is 5.32 Å². The van der Waals surface area contributed by atoms with Gasteiger partial charge in [0.2, 0.25) is 0 Å².